The average Bonchev–Trinajstić information content (AvgIpc) is 3.03. The second-order valence-electron chi connectivity index (χ2n) is 5.89. The minimum atomic E-state index is -0.446. The van der Waals surface area contributed by atoms with Crippen molar-refractivity contribution in [3.8, 4) is 5.75 Å². The number of hydrogen-bond donors (Lipinski definition) is 3. The van der Waals surface area contributed by atoms with Crippen LogP contribution in [0.1, 0.15) is 19.3 Å². The van der Waals surface area contributed by atoms with Gasteiger partial charge >= 0.3 is 0 Å². The molecule has 0 saturated carbocycles. The largest absolute Gasteiger partial charge is 0.495 e. The quantitative estimate of drug-likeness (QED) is 0.604. The molecule has 0 radical (unpaired) electrons. The van der Waals surface area contributed by atoms with Crippen molar-refractivity contribution >= 4 is 45.7 Å². The fourth-order valence-electron chi connectivity index (χ4n) is 2.62. The zero-order valence-electron chi connectivity index (χ0n) is 14.9. The number of carbonyl (C=O) groups is 2. The van der Waals surface area contributed by atoms with Crippen LogP contribution in [0.2, 0.25) is 0 Å². The summed E-state index contributed by atoms with van der Waals surface area (Å²) in [6, 6.07) is 7.08. The van der Waals surface area contributed by atoms with Gasteiger partial charge in [-0.15, -0.1) is 10.2 Å². The topological polar surface area (TPSA) is 105 Å². The molecule has 0 spiro atoms. The molecular weight excluding hydrogens is 386 g/mol. The molecule has 1 atom stereocenters. The van der Waals surface area contributed by atoms with Gasteiger partial charge in [0.25, 0.3) is 0 Å². The molecule has 3 N–H and O–H groups in total. The molecular formula is C17H21N5O3S2. The van der Waals surface area contributed by atoms with E-state index in [9.17, 15) is 9.59 Å². The van der Waals surface area contributed by atoms with Crippen molar-refractivity contribution in [2.24, 2.45) is 0 Å². The van der Waals surface area contributed by atoms with Gasteiger partial charge in [0.1, 0.15) is 11.8 Å². The minimum absolute atomic E-state index is 0.106. The molecule has 1 aliphatic heterocycles. The van der Waals surface area contributed by atoms with Gasteiger partial charge in [0.05, 0.1) is 18.6 Å². The van der Waals surface area contributed by atoms with Gasteiger partial charge in [-0.25, -0.2) is 0 Å². The second kappa shape index (κ2) is 9.56. The van der Waals surface area contributed by atoms with Crippen molar-refractivity contribution in [1.82, 2.24) is 20.8 Å². The summed E-state index contributed by atoms with van der Waals surface area (Å²) in [6.07, 6.45) is 2.54. The second-order valence-corrected chi connectivity index (χ2v) is 8.09. The van der Waals surface area contributed by atoms with Crippen molar-refractivity contribution in [2.75, 3.05) is 24.7 Å². The Bertz CT molecular complexity index is 798. The highest BCUT2D eigenvalue weighted by Gasteiger charge is 2.22. The van der Waals surface area contributed by atoms with E-state index in [0.29, 0.717) is 28.2 Å². The van der Waals surface area contributed by atoms with Crippen molar-refractivity contribution in [3.05, 3.63) is 24.3 Å². The van der Waals surface area contributed by atoms with E-state index in [0.717, 1.165) is 18.5 Å². The average molecular weight is 408 g/mol. The maximum Gasteiger partial charge on any atom is 0.242 e. The van der Waals surface area contributed by atoms with Gasteiger partial charge in [-0.05, 0) is 31.4 Å². The molecule has 1 aromatic heterocycles. The van der Waals surface area contributed by atoms with Crippen LogP contribution in [0.4, 0.5) is 10.8 Å². The summed E-state index contributed by atoms with van der Waals surface area (Å²) in [5, 5.41) is 17.6. The van der Waals surface area contributed by atoms with Crippen LogP contribution in [0.25, 0.3) is 0 Å². The molecule has 1 unspecified atom stereocenters. The number of ether oxygens (including phenoxy) is 1. The smallest absolute Gasteiger partial charge is 0.242 e. The van der Waals surface area contributed by atoms with Crippen molar-refractivity contribution < 1.29 is 14.3 Å². The van der Waals surface area contributed by atoms with Crippen LogP contribution in [-0.2, 0) is 9.59 Å². The Morgan fingerprint density at radius 3 is 3.07 bits per heavy atom. The molecule has 2 amide bonds. The Balaban J connectivity index is 1.50. The number of nitrogens with one attached hydrogen (secondary N) is 3. The highest BCUT2D eigenvalue weighted by Crippen LogP contribution is 2.31. The Labute approximate surface area is 165 Å². The lowest BCUT2D eigenvalue weighted by molar-refractivity contribution is -0.127. The molecule has 0 aliphatic carbocycles. The standard InChI is InChI=1S/C17H21N5O3S2/c1-25-13-8-3-2-6-11(13)20-16-21-22-17(27-16)26-10-14(23)19-12-7-4-5-9-18-15(12)24/h2-3,6,8,12H,4-5,7,9-10H2,1H3,(H,18,24)(H,19,23)(H,20,21). The number of thioether (sulfide) groups is 1. The van der Waals surface area contributed by atoms with Crippen LogP contribution in [-0.4, -0.2) is 47.5 Å². The zero-order chi connectivity index (χ0) is 19.1. The molecule has 0 bridgehead atoms. The first-order valence-electron chi connectivity index (χ1n) is 8.59. The monoisotopic (exact) mass is 407 g/mol. The molecule has 1 fully saturated rings. The summed E-state index contributed by atoms with van der Waals surface area (Å²) in [5.74, 6) is 0.608. The van der Waals surface area contributed by atoms with E-state index in [-0.39, 0.29) is 17.6 Å². The van der Waals surface area contributed by atoms with Crippen LogP contribution >= 0.6 is 23.1 Å². The molecule has 1 aromatic carbocycles. The van der Waals surface area contributed by atoms with Crippen molar-refractivity contribution in [2.45, 2.75) is 29.6 Å². The lowest BCUT2D eigenvalue weighted by Crippen LogP contribution is -2.46. The van der Waals surface area contributed by atoms with Crippen LogP contribution in [0.5, 0.6) is 5.75 Å². The van der Waals surface area contributed by atoms with E-state index in [2.05, 4.69) is 26.1 Å². The number of methoxy groups -OCH3 is 1. The van der Waals surface area contributed by atoms with Crippen LogP contribution < -0.4 is 20.7 Å². The molecule has 1 aliphatic rings. The Morgan fingerprint density at radius 2 is 2.22 bits per heavy atom. The molecule has 2 heterocycles. The molecule has 1 saturated heterocycles. The highest BCUT2D eigenvalue weighted by molar-refractivity contribution is 8.01. The Kier molecular flexibility index (Phi) is 6.88. The first-order valence-corrected chi connectivity index (χ1v) is 10.4. The van der Waals surface area contributed by atoms with E-state index < -0.39 is 6.04 Å². The van der Waals surface area contributed by atoms with Gasteiger partial charge in [0.15, 0.2) is 4.34 Å². The van der Waals surface area contributed by atoms with Gasteiger partial charge in [0, 0.05) is 6.54 Å². The number of amides is 2. The van der Waals surface area contributed by atoms with Gasteiger partial charge in [-0.3, -0.25) is 9.59 Å². The number of anilines is 2. The number of para-hydroxylation sites is 2. The maximum atomic E-state index is 12.1. The third-order valence-electron chi connectivity index (χ3n) is 3.95. The summed E-state index contributed by atoms with van der Waals surface area (Å²) in [5.41, 5.74) is 0.796. The summed E-state index contributed by atoms with van der Waals surface area (Å²) in [7, 11) is 1.61. The normalized spacial score (nSPS) is 16.9. The fraction of sp³-hybridized carbons (Fsp3) is 0.412. The van der Waals surface area contributed by atoms with Gasteiger partial charge in [0.2, 0.25) is 16.9 Å². The van der Waals surface area contributed by atoms with Gasteiger partial charge in [-0.2, -0.15) is 0 Å². The molecule has 3 rings (SSSR count). The van der Waals surface area contributed by atoms with Gasteiger partial charge in [-0.1, -0.05) is 35.2 Å². The summed E-state index contributed by atoms with van der Waals surface area (Å²) < 4.78 is 5.97. The number of benzene rings is 1. The first-order chi connectivity index (χ1) is 13.2. The maximum absolute atomic E-state index is 12.1. The zero-order valence-corrected chi connectivity index (χ0v) is 16.5. The Hall–Kier alpha value is -2.33. The molecule has 8 nitrogen and oxygen atoms in total. The molecule has 144 valence electrons. The molecule has 27 heavy (non-hydrogen) atoms. The van der Waals surface area contributed by atoms with E-state index >= 15 is 0 Å². The van der Waals surface area contributed by atoms with E-state index in [1.807, 2.05) is 24.3 Å². The van der Waals surface area contributed by atoms with E-state index in [1.54, 1.807) is 7.11 Å². The first kappa shape index (κ1) is 19.4. The van der Waals surface area contributed by atoms with Gasteiger partial charge < -0.3 is 20.7 Å². The number of aromatic nitrogens is 2. The third kappa shape index (κ3) is 5.57. The van der Waals surface area contributed by atoms with Crippen molar-refractivity contribution in [1.29, 1.82) is 0 Å². The van der Waals surface area contributed by atoms with Crippen LogP contribution in [0, 0.1) is 0 Å². The predicted molar refractivity (Wildman–Crippen MR) is 106 cm³/mol. The number of hydrogen-bond acceptors (Lipinski definition) is 8. The fourth-order valence-corrected chi connectivity index (χ4v) is 4.20. The number of nitrogens with zero attached hydrogens (tertiary/aromatic N) is 2. The Morgan fingerprint density at radius 1 is 1.37 bits per heavy atom. The van der Waals surface area contributed by atoms with E-state index in [1.165, 1.54) is 23.1 Å². The predicted octanol–water partition coefficient (Wildman–Crippen LogP) is 2.17. The van der Waals surface area contributed by atoms with E-state index in [4.69, 9.17) is 4.74 Å². The lowest BCUT2D eigenvalue weighted by atomic mass is 10.1. The SMILES string of the molecule is COc1ccccc1Nc1nnc(SCC(=O)NC2CCCCNC2=O)s1. The summed E-state index contributed by atoms with van der Waals surface area (Å²) in [6.45, 7) is 0.673. The minimum Gasteiger partial charge on any atom is -0.495 e. The van der Waals surface area contributed by atoms with Crippen molar-refractivity contribution in [3.63, 3.8) is 0 Å². The molecule has 2 aromatic rings. The third-order valence-corrected chi connectivity index (χ3v) is 5.92. The lowest BCUT2D eigenvalue weighted by Gasteiger charge is -2.14. The summed E-state index contributed by atoms with van der Waals surface area (Å²) in [4.78, 5) is 24.0. The number of carbonyl (C=O) groups excluding carboxylic acids is 2. The number of rotatable bonds is 7. The summed E-state index contributed by atoms with van der Waals surface area (Å²) >= 11 is 2.65. The highest BCUT2D eigenvalue weighted by atomic mass is 32.2. The molecule has 10 heteroatoms. The van der Waals surface area contributed by atoms with Crippen LogP contribution in [0.15, 0.2) is 28.6 Å². The van der Waals surface area contributed by atoms with Crippen LogP contribution in [0.3, 0.4) is 0 Å².